The van der Waals surface area contributed by atoms with Crippen LogP contribution < -0.4 is 0 Å². The van der Waals surface area contributed by atoms with E-state index in [0.29, 0.717) is 11.2 Å². The topological polar surface area (TPSA) is 37.9 Å². The Hall–Kier alpha value is -2.04. The average Bonchev–Trinajstić information content (AvgIpc) is 2.46. The van der Waals surface area contributed by atoms with Gasteiger partial charge in [-0.1, -0.05) is 54.7 Å². The molecule has 2 aromatic carbocycles. The Kier molecular flexibility index (Phi) is 3.58. The summed E-state index contributed by atoms with van der Waals surface area (Å²) < 4.78 is 5.69. The summed E-state index contributed by atoms with van der Waals surface area (Å²) in [5, 5.41) is 2.39. The van der Waals surface area contributed by atoms with E-state index in [1.54, 1.807) is 7.11 Å². The van der Waals surface area contributed by atoms with Crippen LogP contribution in [0.2, 0.25) is 0 Å². The molecule has 3 aromatic rings. The molecule has 0 spiro atoms. The number of ether oxygens (including phenoxy) is 1. The van der Waals surface area contributed by atoms with Crippen molar-refractivity contribution in [3.05, 3.63) is 59.0 Å². The molecule has 3 rings (SSSR count). The number of aromatic amines is 1. The molecular weight excluding hydrogens is 268 g/mol. The normalized spacial score (nSPS) is 10.8. The molecule has 4 heteroatoms. The van der Waals surface area contributed by atoms with Crippen LogP contribution in [0, 0.1) is 4.64 Å². The van der Waals surface area contributed by atoms with Crippen molar-refractivity contribution in [2.75, 3.05) is 7.11 Å². The Balaban J connectivity index is 2.23. The van der Waals surface area contributed by atoms with Crippen molar-refractivity contribution in [1.29, 1.82) is 0 Å². The fourth-order valence-electron chi connectivity index (χ4n) is 2.32. The highest BCUT2D eigenvalue weighted by Crippen LogP contribution is 2.27. The minimum Gasteiger partial charge on any atom is -0.377 e. The van der Waals surface area contributed by atoms with Crippen molar-refractivity contribution < 1.29 is 4.74 Å². The van der Waals surface area contributed by atoms with Gasteiger partial charge in [0.05, 0.1) is 5.69 Å². The number of hydrogen-bond acceptors (Lipinski definition) is 3. The largest absolute Gasteiger partial charge is 0.377 e. The van der Waals surface area contributed by atoms with E-state index in [9.17, 15) is 0 Å². The molecule has 0 aliphatic carbocycles. The van der Waals surface area contributed by atoms with E-state index in [2.05, 4.69) is 34.2 Å². The molecule has 0 bridgehead atoms. The third-order valence-electron chi connectivity index (χ3n) is 3.15. The Morgan fingerprint density at radius 2 is 1.95 bits per heavy atom. The first kappa shape index (κ1) is 13.0. The SMILES string of the molecule is COCc1nc(=S)cc(-c2cccc3ccccc23)[nH]1. The smallest absolute Gasteiger partial charge is 0.134 e. The molecule has 0 unspecified atom stereocenters. The molecular formula is C16H14N2OS. The maximum absolute atomic E-state index is 5.24. The lowest BCUT2D eigenvalue weighted by Crippen LogP contribution is -1.99. The van der Waals surface area contributed by atoms with Gasteiger partial charge in [-0.3, -0.25) is 0 Å². The maximum Gasteiger partial charge on any atom is 0.134 e. The number of nitrogens with one attached hydrogen (secondary N) is 1. The van der Waals surface area contributed by atoms with Gasteiger partial charge in [0.15, 0.2) is 0 Å². The highest BCUT2D eigenvalue weighted by atomic mass is 32.1. The van der Waals surface area contributed by atoms with Gasteiger partial charge in [0.1, 0.15) is 17.1 Å². The first-order valence-corrected chi connectivity index (χ1v) is 6.76. The lowest BCUT2D eigenvalue weighted by molar-refractivity contribution is 0.178. The number of benzene rings is 2. The summed E-state index contributed by atoms with van der Waals surface area (Å²) in [6, 6.07) is 16.4. The van der Waals surface area contributed by atoms with Crippen LogP contribution in [0.15, 0.2) is 48.5 Å². The molecule has 20 heavy (non-hydrogen) atoms. The van der Waals surface area contributed by atoms with Crippen molar-refractivity contribution in [2.45, 2.75) is 6.61 Å². The molecule has 0 amide bonds. The van der Waals surface area contributed by atoms with Crippen LogP contribution in [0.5, 0.6) is 0 Å². The zero-order chi connectivity index (χ0) is 13.9. The van der Waals surface area contributed by atoms with Gasteiger partial charge in [-0.15, -0.1) is 0 Å². The van der Waals surface area contributed by atoms with E-state index < -0.39 is 0 Å². The zero-order valence-electron chi connectivity index (χ0n) is 11.1. The number of aromatic nitrogens is 2. The fourth-order valence-corrected chi connectivity index (χ4v) is 2.55. The molecule has 0 aliphatic heterocycles. The summed E-state index contributed by atoms with van der Waals surface area (Å²) >= 11 is 5.24. The van der Waals surface area contributed by atoms with Crippen LogP contribution in [-0.2, 0) is 11.3 Å². The van der Waals surface area contributed by atoms with Crippen LogP contribution in [0.3, 0.4) is 0 Å². The number of nitrogens with zero attached hydrogens (tertiary/aromatic N) is 1. The van der Waals surface area contributed by atoms with Gasteiger partial charge in [0.25, 0.3) is 0 Å². The third-order valence-corrected chi connectivity index (χ3v) is 3.36. The minimum absolute atomic E-state index is 0.419. The summed E-state index contributed by atoms with van der Waals surface area (Å²) in [6.45, 7) is 0.419. The molecule has 1 aromatic heterocycles. The van der Waals surface area contributed by atoms with E-state index in [-0.39, 0.29) is 0 Å². The third kappa shape index (κ3) is 2.48. The fraction of sp³-hybridized carbons (Fsp3) is 0.125. The highest BCUT2D eigenvalue weighted by molar-refractivity contribution is 7.71. The lowest BCUT2D eigenvalue weighted by Gasteiger charge is -2.08. The molecule has 0 radical (unpaired) electrons. The molecule has 0 aliphatic rings. The molecule has 0 atom stereocenters. The van der Waals surface area contributed by atoms with Gasteiger partial charge in [0, 0.05) is 12.7 Å². The summed E-state index contributed by atoms with van der Waals surface area (Å²) in [5.41, 5.74) is 2.09. The second-order valence-corrected chi connectivity index (χ2v) is 4.96. The number of fused-ring (bicyclic) bond motifs is 1. The molecule has 1 N–H and O–H groups in total. The first-order valence-electron chi connectivity index (χ1n) is 6.35. The van der Waals surface area contributed by atoms with Crippen LogP contribution >= 0.6 is 12.2 Å². The Bertz CT molecular complexity index is 805. The van der Waals surface area contributed by atoms with Gasteiger partial charge in [-0.05, 0) is 16.8 Å². The maximum atomic E-state index is 5.24. The van der Waals surface area contributed by atoms with E-state index in [0.717, 1.165) is 17.1 Å². The summed E-state index contributed by atoms with van der Waals surface area (Å²) in [4.78, 5) is 7.56. The quantitative estimate of drug-likeness (QED) is 0.735. The number of methoxy groups -OCH3 is 1. The van der Waals surface area contributed by atoms with Gasteiger partial charge >= 0.3 is 0 Å². The molecule has 0 saturated heterocycles. The lowest BCUT2D eigenvalue weighted by atomic mass is 10.0. The van der Waals surface area contributed by atoms with Gasteiger partial charge in [-0.25, -0.2) is 4.98 Å². The summed E-state index contributed by atoms with van der Waals surface area (Å²) in [5.74, 6) is 0.739. The van der Waals surface area contributed by atoms with Crippen LogP contribution in [0.1, 0.15) is 5.82 Å². The van der Waals surface area contributed by atoms with E-state index in [1.807, 2.05) is 24.3 Å². The number of H-pyrrole nitrogens is 1. The van der Waals surface area contributed by atoms with Crippen molar-refractivity contribution in [1.82, 2.24) is 9.97 Å². The second kappa shape index (κ2) is 5.53. The van der Waals surface area contributed by atoms with Gasteiger partial charge in [-0.2, -0.15) is 0 Å². The zero-order valence-corrected chi connectivity index (χ0v) is 11.9. The van der Waals surface area contributed by atoms with Gasteiger partial charge < -0.3 is 9.72 Å². The van der Waals surface area contributed by atoms with Crippen molar-refractivity contribution in [2.24, 2.45) is 0 Å². The Morgan fingerprint density at radius 1 is 1.15 bits per heavy atom. The van der Waals surface area contributed by atoms with Crippen molar-refractivity contribution >= 4 is 23.0 Å². The van der Waals surface area contributed by atoms with Crippen molar-refractivity contribution in [3.8, 4) is 11.3 Å². The summed E-state index contributed by atoms with van der Waals surface area (Å²) in [6.07, 6.45) is 0. The number of rotatable bonds is 3. The molecule has 0 saturated carbocycles. The second-order valence-electron chi connectivity index (χ2n) is 4.54. The Morgan fingerprint density at radius 3 is 2.80 bits per heavy atom. The van der Waals surface area contributed by atoms with Crippen LogP contribution in [0.25, 0.3) is 22.0 Å². The predicted octanol–water partition coefficient (Wildman–Crippen LogP) is 4.11. The standard InChI is InChI=1S/C16H14N2OS/c1-19-10-15-17-14(9-16(20)18-15)13-8-4-6-11-5-2-3-7-12(11)13/h2-9H,10H2,1H3,(H,17,18,20). The van der Waals surface area contributed by atoms with Crippen LogP contribution in [-0.4, -0.2) is 17.1 Å². The van der Waals surface area contributed by atoms with Crippen LogP contribution in [0.4, 0.5) is 0 Å². The molecule has 1 heterocycles. The Labute approximate surface area is 122 Å². The minimum atomic E-state index is 0.419. The predicted molar refractivity (Wildman–Crippen MR) is 83.1 cm³/mol. The number of hydrogen-bond donors (Lipinski definition) is 1. The monoisotopic (exact) mass is 282 g/mol. The molecule has 100 valence electrons. The first-order chi connectivity index (χ1) is 9.78. The van der Waals surface area contributed by atoms with E-state index in [1.165, 1.54) is 10.8 Å². The average molecular weight is 282 g/mol. The highest BCUT2D eigenvalue weighted by Gasteiger charge is 2.05. The molecule has 0 fully saturated rings. The van der Waals surface area contributed by atoms with Crippen molar-refractivity contribution in [3.63, 3.8) is 0 Å². The van der Waals surface area contributed by atoms with E-state index in [4.69, 9.17) is 17.0 Å². The van der Waals surface area contributed by atoms with Gasteiger partial charge in [0.2, 0.25) is 0 Å². The summed E-state index contributed by atoms with van der Waals surface area (Å²) in [7, 11) is 1.64. The van der Waals surface area contributed by atoms with E-state index >= 15 is 0 Å². The molecule has 3 nitrogen and oxygen atoms in total.